The van der Waals surface area contributed by atoms with Gasteiger partial charge in [-0.15, -0.1) is 0 Å². The smallest absolute Gasteiger partial charge is 0.0727 e. The summed E-state index contributed by atoms with van der Waals surface area (Å²) in [6.45, 7) is 2.57. The Kier molecular flexibility index (Phi) is 1.81. The van der Waals surface area contributed by atoms with E-state index in [0.717, 1.165) is 10.5 Å². The van der Waals surface area contributed by atoms with E-state index in [9.17, 15) is 4.21 Å². The summed E-state index contributed by atoms with van der Waals surface area (Å²) in [6.07, 6.45) is 3.46. The fraction of sp³-hybridized carbons (Fsp3) is 0.500. The van der Waals surface area contributed by atoms with Crippen LogP contribution in [0, 0.1) is 0 Å². The Morgan fingerprint density at radius 3 is 2.67 bits per heavy atom. The van der Waals surface area contributed by atoms with E-state index in [4.69, 9.17) is 0 Å². The lowest BCUT2D eigenvalue weighted by molar-refractivity contribution is 0.689. The average Bonchev–Trinajstić information content (AvgIpc) is 2.13. The second-order valence-electron chi connectivity index (χ2n) is 2.03. The molecule has 0 fully saturated rings. The molecular formula is C6H9NOS. The van der Waals surface area contributed by atoms with Gasteiger partial charge in [-0.2, -0.15) is 0 Å². The third kappa shape index (κ3) is 1.27. The van der Waals surface area contributed by atoms with Gasteiger partial charge in [0.1, 0.15) is 0 Å². The molecule has 3 heteroatoms. The van der Waals surface area contributed by atoms with E-state index in [1.165, 1.54) is 0 Å². The molecule has 0 spiro atoms. The van der Waals surface area contributed by atoms with Crippen LogP contribution in [0.2, 0.25) is 0 Å². The molecule has 0 aliphatic carbocycles. The fourth-order valence-electron chi connectivity index (χ4n) is 0.780. The molecule has 1 rings (SSSR count). The maximum atomic E-state index is 10.8. The molecule has 0 radical (unpaired) electrons. The second kappa shape index (κ2) is 2.43. The van der Waals surface area contributed by atoms with Crippen LogP contribution in [0.4, 0.5) is 0 Å². The molecule has 0 aromatic heterocycles. The summed E-state index contributed by atoms with van der Waals surface area (Å²) in [6, 6.07) is 0. The summed E-state index contributed by atoms with van der Waals surface area (Å²) in [7, 11) is -0.816. The van der Waals surface area contributed by atoms with E-state index in [1.54, 1.807) is 12.5 Å². The van der Waals surface area contributed by atoms with Gasteiger partial charge in [-0.05, 0) is 12.5 Å². The normalized spacial score (nSPS) is 21.1. The highest BCUT2D eigenvalue weighted by Gasteiger charge is 2.08. The first-order chi connectivity index (χ1) is 4.22. The van der Waals surface area contributed by atoms with Gasteiger partial charge < -0.3 is 0 Å². The summed E-state index contributed by atoms with van der Waals surface area (Å²) in [4.78, 5) is 4.94. The van der Waals surface area contributed by atoms with Crippen molar-refractivity contribution < 1.29 is 4.21 Å². The molecule has 1 heterocycles. The molecule has 1 aliphatic heterocycles. The standard InChI is InChI=1S/C6H9NOS/c1-5-3-7-4-6(5)9(2)8/h3H,4H2,1-2H3. The number of allylic oxidation sites excluding steroid dienone is 1. The lowest BCUT2D eigenvalue weighted by Gasteiger charge is -1.93. The highest BCUT2D eigenvalue weighted by molar-refractivity contribution is 7.88. The molecule has 0 amide bonds. The largest absolute Gasteiger partial charge is 0.287 e. The summed E-state index contributed by atoms with van der Waals surface area (Å²) in [5, 5.41) is 0. The number of hydrogen-bond acceptors (Lipinski definition) is 2. The van der Waals surface area contributed by atoms with Crippen molar-refractivity contribution in [2.24, 2.45) is 4.99 Å². The zero-order valence-corrected chi connectivity index (χ0v) is 6.36. The lowest BCUT2D eigenvalue weighted by Crippen LogP contribution is -1.94. The van der Waals surface area contributed by atoms with Crippen LogP contribution >= 0.6 is 0 Å². The van der Waals surface area contributed by atoms with Gasteiger partial charge in [0, 0.05) is 28.2 Å². The molecule has 2 nitrogen and oxygen atoms in total. The minimum atomic E-state index is -0.816. The van der Waals surface area contributed by atoms with Gasteiger partial charge in [0.2, 0.25) is 0 Å². The molecule has 1 unspecified atom stereocenters. The Bertz CT molecular complexity index is 205. The van der Waals surface area contributed by atoms with Crippen LogP contribution in [0.5, 0.6) is 0 Å². The van der Waals surface area contributed by atoms with Crippen molar-refractivity contribution in [1.29, 1.82) is 0 Å². The zero-order chi connectivity index (χ0) is 6.85. The van der Waals surface area contributed by atoms with E-state index < -0.39 is 10.8 Å². The monoisotopic (exact) mass is 143 g/mol. The van der Waals surface area contributed by atoms with Crippen LogP contribution in [0.1, 0.15) is 6.92 Å². The van der Waals surface area contributed by atoms with Gasteiger partial charge >= 0.3 is 0 Å². The fourth-order valence-corrected chi connectivity index (χ4v) is 1.54. The Morgan fingerprint density at radius 2 is 2.44 bits per heavy atom. The van der Waals surface area contributed by atoms with E-state index in [1.807, 2.05) is 6.92 Å². The topological polar surface area (TPSA) is 29.4 Å². The number of rotatable bonds is 1. The first-order valence-corrected chi connectivity index (χ1v) is 4.30. The van der Waals surface area contributed by atoms with E-state index in [0.29, 0.717) is 6.54 Å². The summed E-state index contributed by atoms with van der Waals surface area (Å²) < 4.78 is 10.8. The van der Waals surface area contributed by atoms with Gasteiger partial charge in [0.15, 0.2) is 0 Å². The maximum Gasteiger partial charge on any atom is 0.0727 e. The molecular weight excluding hydrogens is 134 g/mol. The first-order valence-electron chi connectivity index (χ1n) is 2.75. The molecule has 0 saturated carbocycles. The predicted octanol–water partition coefficient (Wildman–Crippen LogP) is 0.723. The average molecular weight is 143 g/mol. The Balaban J connectivity index is 2.85. The van der Waals surface area contributed by atoms with E-state index in [2.05, 4.69) is 4.99 Å². The number of aliphatic imine (C=N–C) groups is 1. The third-order valence-corrected chi connectivity index (χ3v) is 2.45. The predicted molar refractivity (Wildman–Crippen MR) is 40.1 cm³/mol. The van der Waals surface area contributed by atoms with Gasteiger partial charge in [-0.3, -0.25) is 9.20 Å². The number of nitrogens with zero attached hydrogens (tertiary/aromatic N) is 1. The summed E-state index contributed by atoms with van der Waals surface area (Å²) in [5.74, 6) is 0. The zero-order valence-electron chi connectivity index (χ0n) is 5.55. The maximum absolute atomic E-state index is 10.8. The molecule has 50 valence electrons. The Morgan fingerprint density at radius 1 is 1.78 bits per heavy atom. The highest BCUT2D eigenvalue weighted by Crippen LogP contribution is 2.11. The van der Waals surface area contributed by atoms with Crippen molar-refractivity contribution in [2.75, 3.05) is 12.8 Å². The summed E-state index contributed by atoms with van der Waals surface area (Å²) >= 11 is 0. The van der Waals surface area contributed by atoms with Crippen molar-refractivity contribution in [2.45, 2.75) is 6.92 Å². The van der Waals surface area contributed by atoms with Gasteiger partial charge in [-0.1, -0.05) is 0 Å². The molecule has 0 aromatic carbocycles. The molecule has 1 aliphatic rings. The molecule has 0 aromatic rings. The molecule has 0 N–H and O–H groups in total. The van der Waals surface area contributed by atoms with E-state index in [-0.39, 0.29) is 0 Å². The van der Waals surface area contributed by atoms with Gasteiger partial charge in [0.05, 0.1) is 6.54 Å². The van der Waals surface area contributed by atoms with Crippen LogP contribution in [0.3, 0.4) is 0 Å². The Hall–Kier alpha value is -0.440. The number of hydrogen-bond donors (Lipinski definition) is 0. The first kappa shape index (κ1) is 6.68. The lowest BCUT2D eigenvalue weighted by atomic mass is 10.3. The second-order valence-corrected chi connectivity index (χ2v) is 3.43. The van der Waals surface area contributed by atoms with Crippen LogP contribution in [0.25, 0.3) is 0 Å². The molecule has 9 heavy (non-hydrogen) atoms. The van der Waals surface area contributed by atoms with Crippen molar-refractivity contribution in [3.63, 3.8) is 0 Å². The van der Waals surface area contributed by atoms with Gasteiger partial charge in [-0.25, -0.2) is 0 Å². The quantitative estimate of drug-likeness (QED) is 0.532. The minimum Gasteiger partial charge on any atom is -0.287 e. The van der Waals surface area contributed by atoms with E-state index >= 15 is 0 Å². The molecule has 0 saturated heterocycles. The highest BCUT2D eigenvalue weighted by atomic mass is 32.2. The van der Waals surface area contributed by atoms with Crippen molar-refractivity contribution >= 4 is 17.0 Å². The van der Waals surface area contributed by atoms with Crippen molar-refractivity contribution in [1.82, 2.24) is 0 Å². The van der Waals surface area contributed by atoms with Gasteiger partial charge in [0.25, 0.3) is 0 Å². The summed E-state index contributed by atoms with van der Waals surface area (Å²) in [5.41, 5.74) is 1.07. The van der Waals surface area contributed by atoms with Crippen LogP contribution < -0.4 is 0 Å². The van der Waals surface area contributed by atoms with Crippen molar-refractivity contribution in [3.8, 4) is 0 Å². The minimum absolute atomic E-state index is 0.634. The third-order valence-electron chi connectivity index (χ3n) is 1.31. The SMILES string of the molecule is CC1=C(S(C)=O)CN=C1. The van der Waals surface area contributed by atoms with Crippen LogP contribution in [0.15, 0.2) is 15.5 Å². The molecule has 0 bridgehead atoms. The van der Waals surface area contributed by atoms with Crippen molar-refractivity contribution in [3.05, 3.63) is 10.5 Å². The molecule has 1 atom stereocenters. The Labute approximate surface area is 57.1 Å². The van der Waals surface area contributed by atoms with Crippen LogP contribution in [-0.4, -0.2) is 23.2 Å². The van der Waals surface area contributed by atoms with Crippen LogP contribution in [-0.2, 0) is 10.8 Å².